The van der Waals surface area contributed by atoms with Crippen LogP contribution < -0.4 is 14.8 Å². The molecule has 130 valence electrons. The van der Waals surface area contributed by atoms with Crippen LogP contribution in [0, 0.1) is 5.92 Å². The summed E-state index contributed by atoms with van der Waals surface area (Å²) in [6, 6.07) is 8.39. The van der Waals surface area contributed by atoms with Crippen molar-refractivity contribution >= 4 is 16.6 Å². The minimum atomic E-state index is 0.451. The largest absolute Gasteiger partial charge is 0.493 e. The first-order valence-electron chi connectivity index (χ1n) is 8.51. The van der Waals surface area contributed by atoms with Crippen LogP contribution in [0.15, 0.2) is 42.9 Å². The fourth-order valence-electron chi connectivity index (χ4n) is 3.48. The zero-order valence-corrected chi connectivity index (χ0v) is 14.5. The van der Waals surface area contributed by atoms with E-state index in [0.717, 1.165) is 47.5 Å². The van der Waals surface area contributed by atoms with Crippen LogP contribution in [0.5, 0.6) is 11.5 Å². The van der Waals surface area contributed by atoms with Gasteiger partial charge in [-0.2, -0.15) is 5.10 Å². The van der Waals surface area contributed by atoms with Gasteiger partial charge in [0.2, 0.25) is 0 Å². The van der Waals surface area contributed by atoms with Gasteiger partial charge in [0.1, 0.15) is 5.82 Å². The summed E-state index contributed by atoms with van der Waals surface area (Å²) in [5.41, 5.74) is 0. The summed E-state index contributed by atoms with van der Waals surface area (Å²) in [7, 11) is 3.30. The number of pyridine rings is 1. The van der Waals surface area contributed by atoms with Gasteiger partial charge in [0.05, 0.1) is 14.2 Å². The van der Waals surface area contributed by atoms with Gasteiger partial charge in [-0.15, -0.1) is 0 Å². The molecule has 1 aliphatic rings. The first-order chi connectivity index (χ1) is 12.3. The van der Waals surface area contributed by atoms with Crippen molar-refractivity contribution in [1.82, 2.24) is 14.8 Å². The van der Waals surface area contributed by atoms with Crippen LogP contribution in [0.1, 0.15) is 12.8 Å². The van der Waals surface area contributed by atoms with Gasteiger partial charge < -0.3 is 14.8 Å². The van der Waals surface area contributed by atoms with E-state index in [0.29, 0.717) is 12.0 Å². The van der Waals surface area contributed by atoms with Crippen molar-refractivity contribution in [3.8, 4) is 11.5 Å². The molecule has 0 unspecified atom stereocenters. The summed E-state index contributed by atoms with van der Waals surface area (Å²) >= 11 is 0. The lowest BCUT2D eigenvalue weighted by Gasteiger charge is -2.36. The van der Waals surface area contributed by atoms with Gasteiger partial charge in [-0.25, -0.2) is 4.98 Å². The third-order valence-corrected chi connectivity index (χ3v) is 4.85. The Morgan fingerprint density at radius 3 is 2.68 bits per heavy atom. The predicted molar refractivity (Wildman–Crippen MR) is 97.2 cm³/mol. The molecule has 0 radical (unpaired) electrons. The Balaban J connectivity index is 1.48. The van der Waals surface area contributed by atoms with Gasteiger partial charge >= 0.3 is 0 Å². The highest BCUT2D eigenvalue weighted by molar-refractivity contribution is 5.94. The van der Waals surface area contributed by atoms with Gasteiger partial charge in [-0.1, -0.05) is 0 Å². The fraction of sp³-hybridized carbons (Fsp3) is 0.368. The van der Waals surface area contributed by atoms with Crippen LogP contribution in [0.25, 0.3) is 10.8 Å². The normalized spacial score (nSPS) is 19.4. The maximum atomic E-state index is 5.43. The highest BCUT2D eigenvalue weighted by Gasteiger charge is 2.30. The first-order valence-corrected chi connectivity index (χ1v) is 8.51. The number of nitrogens with zero attached hydrogens (tertiary/aromatic N) is 3. The van der Waals surface area contributed by atoms with Crippen molar-refractivity contribution in [2.24, 2.45) is 5.92 Å². The van der Waals surface area contributed by atoms with E-state index in [9.17, 15) is 0 Å². The van der Waals surface area contributed by atoms with E-state index in [4.69, 9.17) is 9.47 Å². The standard InChI is InChI=1S/C19H22N4O2/c1-24-17-10-14-4-6-20-19(16(14)11-18(17)25-2)22-15-8-13(9-15)12-23-7-3-5-21-23/h3-7,10-11,13,15H,8-9,12H2,1-2H3,(H,20,22). The van der Waals surface area contributed by atoms with Gasteiger partial charge in [0.15, 0.2) is 11.5 Å². The van der Waals surface area contributed by atoms with Gasteiger partial charge in [0.25, 0.3) is 0 Å². The average molecular weight is 338 g/mol. The molecule has 2 aromatic heterocycles. The zero-order chi connectivity index (χ0) is 17.2. The molecule has 0 aliphatic heterocycles. The minimum absolute atomic E-state index is 0.451. The van der Waals surface area contributed by atoms with Crippen molar-refractivity contribution in [1.29, 1.82) is 0 Å². The number of ether oxygens (including phenoxy) is 2. The number of fused-ring (bicyclic) bond motifs is 1. The Labute approximate surface area is 146 Å². The topological polar surface area (TPSA) is 61.2 Å². The number of hydrogen-bond acceptors (Lipinski definition) is 5. The highest BCUT2D eigenvalue weighted by atomic mass is 16.5. The van der Waals surface area contributed by atoms with E-state index in [-0.39, 0.29) is 0 Å². The van der Waals surface area contributed by atoms with E-state index in [1.807, 2.05) is 47.5 Å². The van der Waals surface area contributed by atoms with Crippen molar-refractivity contribution in [3.05, 3.63) is 42.9 Å². The number of hydrogen-bond donors (Lipinski definition) is 1. The lowest BCUT2D eigenvalue weighted by Crippen LogP contribution is -2.37. The van der Waals surface area contributed by atoms with Gasteiger partial charge in [-0.05, 0) is 48.4 Å². The van der Waals surface area contributed by atoms with Crippen LogP contribution in [0.3, 0.4) is 0 Å². The monoisotopic (exact) mass is 338 g/mol. The van der Waals surface area contributed by atoms with Crippen molar-refractivity contribution in [2.45, 2.75) is 25.4 Å². The number of rotatable bonds is 6. The molecule has 0 atom stereocenters. The molecule has 4 rings (SSSR count). The Morgan fingerprint density at radius 1 is 1.16 bits per heavy atom. The lowest BCUT2D eigenvalue weighted by atomic mass is 9.80. The lowest BCUT2D eigenvalue weighted by molar-refractivity contribution is 0.241. The van der Waals surface area contributed by atoms with E-state index in [2.05, 4.69) is 15.4 Å². The van der Waals surface area contributed by atoms with Crippen LogP contribution >= 0.6 is 0 Å². The van der Waals surface area contributed by atoms with Crippen LogP contribution in [-0.2, 0) is 6.54 Å². The second kappa shape index (κ2) is 6.63. The van der Waals surface area contributed by atoms with E-state index < -0.39 is 0 Å². The highest BCUT2D eigenvalue weighted by Crippen LogP contribution is 2.37. The van der Waals surface area contributed by atoms with E-state index >= 15 is 0 Å². The SMILES string of the molecule is COc1cc2ccnc(NC3CC(Cn4cccn4)C3)c2cc1OC. The smallest absolute Gasteiger partial charge is 0.161 e. The molecule has 1 aromatic carbocycles. The third-order valence-electron chi connectivity index (χ3n) is 4.85. The molecule has 6 heteroatoms. The summed E-state index contributed by atoms with van der Waals surface area (Å²) in [6.07, 6.45) is 7.94. The average Bonchev–Trinajstić information content (AvgIpc) is 3.12. The number of benzene rings is 1. The Morgan fingerprint density at radius 2 is 1.96 bits per heavy atom. The second-order valence-corrected chi connectivity index (χ2v) is 6.49. The maximum Gasteiger partial charge on any atom is 0.161 e. The molecule has 1 fully saturated rings. The van der Waals surface area contributed by atoms with Crippen molar-refractivity contribution in [2.75, 3.05) is 19.5 Å². The van der Waals surface area contributed by atoms with Crippen LogP contribution in [-0.4, -0.2) is 35.0 Å². The molecule has 3 aromatic rings. The molecule has 1 saturated carbocycles. The third kappa shape index (κ3) is 3.12. The molecule has 1 aliphatic carbocycles. The Kier molecular flexibility index (Phi) is 4.17. The molecule has 0 bridgehead atoms. The minimum Gasteiger partial charge on any atom is -0.493 e. The zero-order valence-electron chi connectivity index (χ0n) is 14.5. The molecule has 25 heavy (non-hydrogen) atoms. The summed E-state index contributed by atoms with van der Waals surface area (Å²) in [6.45, 7) is 0.985. The number of anilines is 1. The number of aromatic nitrogens is 3. The van der Waals surface area contributed by atoms with Gasteiger partial charge in [-0.3, -0.25) is 4.68 Å². The maximum absolute atomic E-state index is 5.43. The first kappa shape index (κ1) is 15.7. The molecular weight excluding hydrogens is 316 g/mol. The molecule has 1 N–H and O–H groups in total. The summed E-state index contributed by atoms with van der Waals surface area (Å²) in [5.74, 6) is 3.02. The second-order valence-electron chi connectivity index (χ2n) is 6.49. The molecule has 0 amide bonds. The Bertz CT molecular complexity index is 857. The summed E-state index contributed by atoms with van der Waals surface area (Å²) < 4.78 is 12.8. The fourth-order valence-corrected chi connectivity index (χ4v) is 3.48. The molecule has 0 saturated heterocycles. The predicted octanol–water partition coefficient (Wildman–Crippen LogP) is 3.34. The molecular formula is C19H22N4O2. The number of nitrogens with one attached hydrogen (secondary N) is 1. The Hall–Kier alpha value is -2.76. The van der Waals surface area contributed by atoms with E-state index in [1.165, 1.54) is 0 Å². The van der Waals surface area contributed by atoms with Crippen LogP contribution in [0.4, 0.5) is 5.82 Å². The van der Waals surface area contributed by atoms with Crippen LogP contribution in [0.2, 0.25) is 0 Å². The summed E-state index contributed by atoms with van der Waals surface area (Å²) in [5, 5.41) is 10.0. The van der Waals surface area contributed by atoms with Gasteiger partial charge in [0, 0.05) is 36.6 Å². The molecule has 2 heterocycles. The summed E-state index contributed by atoms with van der Waals surface area (Å²) in [4.78, 5) is 4.54. The van der Waals surface area contributed by atoms with Crippen molar-refractivity contribution in [3.63, 3.8) is 0 Å². The number of methoxy groups -OCH3 is 2. The van der Waals surface area contributed by atoms with E-state index in [1.54, 1.807) is 14.2 Å². The quantitative estimate of drug-likeness (QED) is 0.747. The molecule has 6 nitrogen and oxygen atoms in total. The molecule has 0 spiro atoms. The van der Waals surface area contributed by atoms with Crippen molar-refractivity contribution < 1.29 is 9.47 Å².